The third kappa shape index (κ3) is 2.55. The lowest BCUT2D eigenvalue weighted by Gasteiger charge is -2.40. The molecule has 0 bridgehead atoms. The predicted molar refractivity (Wildman–Crippen MR) is 89.0 cm³/mol. The number of fused-ring (bicyclic) bond motifs is 1. The van der Waals surface area contributed by atoms with Gasteiger partial charge >= 0.3 is 0 Å². The molecule has 0 N–H and O–H groups in total. The third-order valence-electron chi connectivity index (χ3n) is 5.66. The van der Waals surface area contributed by atoms with E-state index in [9.17, 15) is 0 Å². The largest absolute Gasteiger partial charge is 0.496 e. The van der Waals surface area contributed by atoms with Crippen molar-refractivity contribution >= 4 is 0 Å². The Kier molecular flexibility index (Phi) is 4.21. The maximum Gasteiger partial charge on any atom is 0.122 e. The summed E-state index contributed by atoms with van der Waals surface area (Å²) >= 11 is 0. The van der Waals surface area contributed by atoms with Gasteiger partial charge < -0.3 is 4.74 Å². The zero-order chi connectivity index (χ0) is 15.9. The highest BCUT2D eigenvalue weighted by Gasteiger charge is 2.53. The molecule has 1 aliphatic heterocycles. The van der Waals surface area contributed by atoms with Crippen molar-refractivity contribution in [3.05, 3.63) is 29.8 Å². The predicted octanol–water partition coefficient (Wildman–Crippen LogP) is 4.24. The lowest BCUT2D eigenvalue weighted by atomic mass is 9.66. The lowest BCUT2D eigenvalue weighted by Crippen LogP contribution is -2.43. The van der Waals surface area contributed by atoms with Crippen LogP contribution in [0.1, 0.15) is 52.0 Å². The second-order valence-electron chi connectivity index (χ2n) is 7.41. The van der Waals surface area contributed by atoms with Crippen LogP contribution < -0.4 is 4.74 Å². The molecule has 0 aromatic heterocycles. The maximum absolute atomic E-state index is 6.26. The quantitative estimate of drug-likeness (QED) is 0.833. The van der Waals surface area contributed by atoms with Crippen LogP contribution in [0.25, 0.3) is 0 Å². The van der Waals surface area contributed by atoms with Gasteiger partial charge in [0.05, 0.1) is 12.7 Å². The Labute approximate surface area is 134 Å². The number of rotatable bonds is 3. The van der Waals surface area contributed by atoms with Crippen LogP contribution in [0.15, 0.2) is 24.3 Å². The number of hydrogen-bond acceptors (Lipinski definition) is 3. The van der Waals surface area contributed by atoms with E-state index in [1.165, 1.54) is 18.4 Å². The van der Waals surface area contributed by atoms with Crippen molar-refractivity contribution in [1.82, 2.24) is 5.06 Å². The van der Waals surface area contributed by atoms with Gasteiger partial charge in [0.1, 0.15) is 5.75 Å². The molecule has 2 fully saturated rings. The van der Waals surface area contributed by atoms with Crippen molar-refractivity contribution in [3.63, 3.8) is 0 Å². The van der Waals surface area contributed by atoms with Crippen molar-refractivity contribution in [2.24, 2.45) is 11.8 Å². The van der Waals surface area contributed by atoms with Gasteiger partial charge in [-0.1, -0.05) is 32.0 Å². The molecule has 0 amide bonds. The van der Waals surface area contributed by atoms with Crippen molar-refractivity contribution < 1.29 is 9.57 Å². The van der Waals surface area contributed by atoms with E-state index in [1.807, 2.05) is 0 Å². The van der Waals surface area contributed by atoms with E-state index in [-0.39, 0.29) is 5.60 Å². The Morgan fingerprint density at radius 1 is 1.27 bits per heavy atom. The van der Waals surface area contributed by atoms with Crippen molar-refractivity contribution in [2.75, 3.05) is 13.7 Å². The minimum Gasteiger partial charge on any atom is -0.496 e. The average Bonchev–Trinajstić information content (AvgIpc) is 2.78. The Bertz CT molecular complexity index is 528. The second-order valence-corrected chi connectivity index (χ2v) is 7.41. The lowest BCUT2D eigenvalue weighted by molar-refractivity contribution is -0.195. The summed E-state index contributed by atoms with van der Waals surface area (Å²) in [5.74, 6) is 2.80. The summed E-state index contributed by atoms with van der Waals surface area (Å²) in [7, 11) is 1.77. The Balaban J connectivity index is 1.90. The minimum atomic E-state index is -0.0738. The molecule has 1 aromatic rings. The highest BCUT2D eigenvalue weighted by Crippen LogP contribution is 2.51. The van der Waals surface area contributed by atoms with Gasteiger partial charge in [-0.05, 0) is 50.2 Å². The van der Waals surface area contributed by atoms with Crippen molar-refractivity contribution in [3.8, 4) is 5.75 Å². The van der Waals surface area contributed by atoms with E-state index in [0.717, 1.165) is 12.3 Å². The van der Waals surface area contributed by atoms with Gasteiger partial charge in [-0.15, -0.1) is 0 Å². The van der Waals surface area contributed by atoms with Gasteiger partial charge in [0.2, 0.25) is 0 Å². The van der Waals surface area contributed by atoms with Gasteiger partial charge in [0.15, 0.2) is 0 Å². The number of benzene rings is 1. The smallest absolute Gasteiger partial charge is 0.122 e. The normalized spacial score (nSPS) is 34.4. The molecule has 1 aliphatic carbocycles. The number of hydrogen-bond donors (Lipinski definition) is 0. The van der Waals surface area contributed by atoms with Crippen LogP contribution in [0.3, 0.4) is 0 Å². The molecule has 0 radical (unpaired) electrons. The monoisotopic (exact) mass is 303 g/mol. The van der Waals surface area contributed by atoms with E-state index in [4.69, 9.17) is 9.57 Å². The molecule has 3 rings (SSSR count). The fourth-order valence-corrected chi connectivity index (χ4v) is 4.67. The molecule has 1 aromatic carbocycles. The Morgan fingerprint density at radius 3 is 2.68 bits per heavy atom. The molecular formula is C19H29NO2. The van der Waals surface area contributed by atoms with Crippen LogP contribution in [-0.2, 0) is 4.84 Å². The molecule has 3 heteroatoms. The van der Waals surface area contributed by atoms with Crippen LogP contribution in [-0.4, -0.2) is 30.4 Å². The van der Waals surface area contributed by atoms with Gasteiger partial charge in [-0.3, -0.25) is 4.84 Å². The van der Waals surface area contributed by atoms with E-state index >= 15 is 0 Å². The SMILES string of the molecule is CCN1OC(C)(C)C2CC(c3ccccc3OC)CC(C)C21. The molecule has 0 spiro atoms. The Morgan fingerprint density at radius 2 is 2.00 bits per heavy atom. The van der Waals surface area contributed by atoms with Crippen LogP contribution in [0.2, 0.25) is 0 Å². The number of nitrogens with zero attached hydrogens (tertiary/aromatic N) is 1. The Hall–Kier alpha value is -1.06. The van der Waals surface area contributed by atoms with Crippen LogP contribution in [0, 0.1) is 11.8 Å². The van der Waals surface area contributed by atoms with Crippen LogP contribution in [0.4, 0.5) is 0 Å². The number of para-hydroxylation sites is 1. The fraction of sp³-hybridized carbons (Fsp3) is 0.684. The first-order valence-corrected chi connectivity index (χ1v) is 8.56. The average molecular weight is 303 g/mol. The highest BCUT2D eigenvalue weighted by molar-refractivity contribution is 5.37. The third-order valence-corrected chi connectivity index (χ3v) is 5.66. The van der Waals surface area contributed by atoms with Crippen molar-refractivity contribution in [2.45, 2.75) is 58.1 Å². The summed E-state index contributed by atoms with van der Waals surface area (Å²) in [6.45, 7) is 10.0. The fourth-order valence-electron chi connectivity index (χ4n) is 4.67. The van der Waals surface area contributed by atoms with E-state index < -0.39 is 0 Å². The first kappa shape index (κ1) is 15.8. The summed E-state index contributed by atoms with van der Waals surface area (Å²) < 4.78 is 5.60. The van der Waals surface area contributed by atoms with E-state index in [0.29, 0.717) is 23.8 Å². The second kappa shape index (κ2) is 5.86. The molecule has 1 saturated carbocycles. The van der Waals surface area contributed by atoms with Crippen LogP contribution >= 0.6 is 0 Å². The molecular weight excluding hydrogens is 274 g/mol. The molecule has 3 nitrogen and oxygen atoms in total. The molecule has 22 heavy (non-hydrogen) atoms. The molecule has 122 valence electrons. The summed E-state index contributed by atoms with van der Waals surface area (Å²) in [6.07, 6.45) is 2.39. The zero-order valence-corrected chi connectivity index (χ0v) is 14.5. The summed E-state index contributed by atoms with van der Waals surface area (Å²) in [6, 6.07) is 9.05. The number of hydroxylamine groups is 2. The first-order valence-electron chi connectivity index (χ1n) is 8.56. The number of methoxy groups -OCH3 is 1. The highest BCUT2D eigenvalue weighted by atomic mass is 16.7. The molecule has 4 atom stereocenters. The maximum atomic E-state index is 6.26. The van der Waals surface area contributed by atoms with E-state index in [2.05, 4.69) is 57.0 Å². The molecule has 1 heterocycles. The van der Waals surface area contributed by atoms with E-state index in [1.54, 1.807) is 7.11 Å². The standard InChI is InChI=1S/C19H29NO2/c1-6-20-18-13(2)11-14(12-16(18)19(3,4)22-20)15-9-7-8-10-17(15)21-5/h7-10,13-14,16,18H,6,11-12H2,1-5H3. The summed E-state index contributed by atoms with van der Waals surface area (Å²) in [4.78, 5) is 6.26. The first-order chi connectivity index (χ1) is 10.5. The summed E-state index contributed by atoms with van der Waals surface area (Å²) in [5, 5.41) is 2.23. The van der Waals surface area contributed by atoms with Crippen LogP contribution in [0.5, 0.6) is 5.75 Å². The van der Waals surface area contributed by atoms with Gasteiger partial charge in [-0.25, -0.2) is 0 Å². The topological polar surface area (TPSA) is 21.7 Å². The zero-order valence-electron chi connectivity index (χ0n) is 14.5. The van der Waals surface area contributed by atoms with Gasteiger partial charge in [-0.2, -0.15) is 5.06 Å². The molecule has 1 saturated heterocycles. The van der Waals surface area contributed by atoms with Gasteiger partial charge in [0.25, 0.3) is 0 Å². The summed E-state index contributed by atoms with van der Waals surface area (Å²) in [5.41, 5.74) is 1.29. The molecule has 2 aliphatic rings. The van der Waals surface area contributed by atoms with Gasteiger partial charge in [0, 0.05) is 18.5 Å². The van der Waals surface area contributed by atoms with Crippen molar-refractivity contribution in [1.29, 1.82) is 0 Å². The minimum absolute atomic E-state index is 0.0738. The number of ether oxygens (including phenoxy) is 1. The molecule has 4 unspecified atom stereocenters.